The average molecular weight is 323 g/mol. The van der Waals surface area contributed by atoms with Crippen LogP contribution in [0.4, 0.5) is 0 Å². The second kappa shape index (κ2) is 10.4. The second-order valence-corrected chi connectivity index (χ2v) is 8.27. The number of rotatable bonds is 8. The molecule has 2 aliphatic carbocycles. The highest BCUT2D eigenvalue weighted by Crippen LogP contribution is 2.34. The zero-order valence-electron chi connectivity index (χ0n) is 15.5. The number of carbonyl (C=O) groups is 1. The Morgan fingerprint density at radius 1 is 0.957 bits per heavy atom. The molecule has 0 aromatic heterocycles. The summed E-state index contributed by atoms with van der Waals surface area (Å²) in [6.07, 6.45) is 17.6. The van der Waals surface area contributed by atoms with Gasteiger partial charge in [0.05, 0.1) is 0 Å². The van der Waals surface area contributed by atoms with E-state index in [1.807, 2.05) is 0 Å². The molecule has 2 aliphatic rings. The molecule has 0 spiro atoms. The van der Waals surface area contributed by atoms with E-state index in [4.69, 9.17) is 4.74 Å². The molecule has 2 rings (SSSR count). The first-order chi connectivity index (χ1) is 11.2. The van der Waals surface area contributed by atoms with Gasteiger partial charge in [-0.25, -0.2) is 0 Å². The Bertz CT molecular complexity index is 325. The SMILES string of the molecule is CCC1CCC(CCC(C)CCC(=O)OC2CCCCC2)CC1. The van der Waals surface area contributed by atoms with E-state index in [-0.39, 0.29) is 12.1 Å². The number of carbonyl (C=O) groups excluding carboxylic acids is 1. The van der Waals surface area contributed by atoms with Crippen LogP contribution in [0.5, 0.6) is 0 Å². The Balaban J connectivity index is 1.52. The number of hydrogen-bond donors (Lipinski definition) is 0. The molecule has 0 aromatic carbocycles. The van der Waals surface area contributed by atoms with Gasteiger partial charge >= 0.3 is 5.97 Å². The summed E-state index contributed by atoms with van der Waals surface area (Å²) in [6, 6.07) is 0. The minimum atomic E-state index is 0.0483. The lowest BCUT2D eigenvalue weighted by Gasteiger charge is -2.28. The molecule has 2 saturated carbocycles. The third-order valence-electron chi connectivity index (χ3n) is 6.30. The quantitative estimate of drug-likeness (QED) is 0.492. The van der Waals surface area contributed by atoms with Gasteiger partial charge < -0.3 is 4.74 Å². The predicted molar refractivity (Wildman–Crippen MR) is 96.3 cm³/mol. The van der Waals surface area contributed by atoms with E-state index >= 15 is 0 Å². The lowest BCUT2D eigenvalue weighted by atomic mass is 9.78. The highest BCUT2D eigenvalue weighted by atomic mass is 16.5. The molecule has 0 N–H and O–H groups in total. The maximum absolute atomic E-state index is 12.0. The van der Waals surface area contributed by atoms with Crippen molar-refractivity contribution in [1.29, 1.82) is 0 Å². The van der Waals surface area contributed by atoms with Crippen molar-refractivity contribution in [2.24, 2.45) is 17.8 Å². The van der Waals surface area contributed by atoms with Crippen molar-refractivity contribution in [3.05, 3.63) is 0 Å². The number of ether oxygens (including phenoxy) is 1. The molecule has 0 aromatic rings. The minimum absolute atomic E-state index is 0.0483. The van der Waals surface area contributed by atoms with E-state index in [9.17, 15) is 4.79 Å². The first kappa shape index (κ1) is 18.8. The van der Waals surface area contributed by atoms with Crippen molar-refractivity contribution >= 4 is 5.97 Å². The van der Waals surface area contributed by atoms with Crippen molar-refractivity contribution in [1.82, 2.24) is 0 Å². The summed E-state index contributed by atoms with van der Waals surface area (Å²) in [5.41, 5.74) is 0. The highest BCUT2D eigenvalue weighted by Gasteiger charge is 2.21. The standard InChI is InChI=1S/C21H38O2/c1-3-18-12-14-19(15-13-18)11-9-17(2)10-16-21(22)23-20-7-5-4-6-8-20/h17-20H,3-16H2,1-2H3. The smallest absolute Gasteiger partial charge is 0.306 e. The van der Waals surface area contributed by atoms with E-state index in [0.717, 1.165) is 31.1 Å². The molecule has 0 amide bonds. The summed E-state index contributed by atoms with van der Waals surface area (Å²) in [4.78, 5) is 12.0. The van der Waals surface area contributed by atoms with Crippen LogP contribution in [0.1, 0.15) is 104 Å². The third-order valence-corrected chi connectivity index (χ3v) is 6.30. The van der Waals surface area contributed by atoms with Crippen molar-refractivity contribution in [2.75, 3.05) is 0 Å². The topological polar surface area (TPSA) is 26.3 Å². The van der Waals surface area contributed by atoms with Crippen LogP contribution in [0, 0.1) is 17.8 Å². The van der Waals surface area contributed by atoms with Crippen LogP contribution in [0.25, 0.3) is 0 Å². The van der Waals surface area contributed by atoms with E-state index in [0.29, 0.717) is 12.3 Å². The molecule has 1 atom stereocenters. The molecule has 134 valence electrons. The zero-order chi connectivity index (χ0) is 16.5. The average Bonchev–Trinajstić information content (AvgIpc) is 2.59. The Hall–Kier alpha value is -0.530. The number of esters is 1. The predicted octanol–water partition coefficient (Wildman–Crippen LogP) is 6.28. The van der Waals surface area contributed by atoms with Crippen LogP contribution in [0.2, 0.25) is 0 Å². The lowest BCUT2D eigenvalue weighted by Crippen LogP contribution is -2.21. The molecule has 23 heavy (non-hydrogen) atoms. The molecule has 1 unspecified atom stereocenters. The van der Waals surface area contributed by atoms with Gasteiger partial charge in [-0.05, 0) is 49.9 Å². The van der Waals surface area contributed by atoms with Crippen LogP contribution in [0.3, 0.4) is 0 Å². The van der Waals surface area contributed by atoms with Crippen molar-refractivity contribution < 1.29 is 9.53 Å². The van der Waals surface area contributed by atoms with Gasteiger partial charge in [0.25, 0.3) is 0 Å². The van der Waals surface area contributed by atoms with Gasteiger partial charge in [-0.2, -0.15) is 0 Å². The van der Waals surface area contributed by atoms with Crippen LogP contribution in [-0.2, 0) is 9.53 Å². The normalized spacial score (nSPS) is 27.6. The largest absolute Gasteiger partial charge is 0.462 e. The first-order valence-electron chi connectivity index (χ1n) is 10.4. The summed E-state index contributed by atoms with van der Waals surface area (Å²) < 4.78 is 5.62. The first-order valence-corrected chi connectivity index (χ1v) is 10.4. The Morgan fingerprint density at radius 2 is 1.61 bits per heavy atom. The zero-order valence-corrected chi connectivity index (χ0v) is 15.5. The van der Waals surface area contributed by atoms with E-state index in [1.165, 1.54) is 64.2 Å². The Morgan fingerprint density at radius 3 is 2.26 bits per heavy atom. The summed E-state index contributed by atoms with van der Waals surface area (Å²) in [6.45, 7) is 4.64. The van der Waals surface area contributed by atoms with Gasteiger partial charge in [-0.15, -0.1) is 0 Å². The Labute approximate surface area is 143 Å². The van der Waals surface area contributed by atoms with Crippen LogP contribution in [0.15, 0.2) is 0 Å². The summed E-state index contributed by atoms with van der Waals surface area (Å²) in [5, 5.41) is 0. The molecule has 0 saturated heterocycles. The van der Waals surface area contributed by atoms with E-state index < -0.39 is 0 Å². The molecule has 0 aliphatic heterocycles. The summed E-state index contributed by atoms with van der Waals surface area (Å²) >= 11 is 0. The van der Waals surface area contributed by atoms with Gasteiger partial charge in [-0.1, -0.05) is 65.2 Å². The van der Waals surface area contributed by atoms with Gasteiger partial charge in [0.2, 0.25) is 0 Å². The second-order valence-electron chi connectivity index (χ2n) is 8.27. The maximum Gasteiger partial charge on any atom is 0.306 e. The van der Waals surface area contributed by atoms with Gasteiger partial charge in [0.15, 0.2) is 0 Å². The number of hydrogen-bond acceptors (Lipinski definition) is 2. The molecule has 2 nitrogen and oxygen atoms in total. The molecule has 0 radical (unpaired) electrons. The monoisotopic (exact) mass is 322 g/mol. The minimum Gasteiger partial charge on any atom is -0.462 e. The van der Waals surface area contributed by atoms with E-state index in [2.05, 4.69) is 13.8 Å². The fraction of sp³-hybridized carbons (Fsp3) is 0.952. The van der Waals surface area contributed by atoms with Crippen LogP contribution in [-0.4, -0.2) is 12.1 Å². The van der Waals surface area contributed by atoms with Crippen LogP contribution >= 0.6 is 0 Å². The van der Waals surface area contributed by atoms with Crippen molar-refractivity contribution in [2.45, 2.75) is 110 Å². The lowest BCUT2D eigenvalue weighted by molar-refractivity contribution is -0.150. The summed E-state index contributed by atoms with van der Waals surface area (Å²) in [5.74, 6) is 2.66. The summed E-state index contributed by atoms with van der Waals surface area (Å²) in [7, 11) is 0. The van der Waals surface area contributed by atoms with Gasteiger partial charge in [0, 0.05) is 6.42 Å². The fourth-order valence-electron chi connectivity index (χ4n) is 4.39. The molecule has 0 bridgehead atoms. The highest BCUT2D eigenvalue weighted by molar-refractivity contribution is 5.69. The third kappa shape index (κ3) is 7.27. The van der Waals surface area contributed by atoms with Gasteiger partial charge in [-0.3, -0.25) is 4.79 Å². The molecular weight excluding hydrogens is 284 g/mol. The molecule has 0 heterocycles. The fourth-order valence-corrected chi connectivity index (χ4v) is 4.39. The van der Waals surface area contributed by atoms with Gasteiger partial charge in [0.1, 0.15) is 6.10 Å². The van der Waals surface area contributed by atoms with Crippen LogP contribution < -0.4 is 0 Å². The molecule has 2 heteroatoms. The molecule has 2 fully saturated rings. The Kier molecular flexibility index (Phi) is 8.47. The molecular formula is C21H38O2. The maximum atomic E-state index is 12.0. The van der Waals surface area contributed by atoms with Crippen molar-refractivity contribution in [3.8, 4) is 0 Å². The van der Waals surface area contributed by atoms with Crippen molar-refractivity contribution in [3.63, 3.8) is 0 Å². The van der Waals surface area contributed by atoms with E-state index in [1.54, 1.807) is 0 Å².